The van der Waals surface area contributed by atoms with E-state index in [1.807, 2.05) is 0 Å². The van der Waals surface area contributed by atoms with Crippen LogP contribution in [-0.4, -0.2) is 31.2 Å². The topological polar surface area (TPSA) is 35.5 Å². The summed E-state index contributed by atoms with van der Waals surface area (Å²) in [5.74, 6) is 0.309. The quantitative estimate of drug-likeness (QED) is 0.416. The van der Waals surface area contributed by atoms with Crippen molar-refractivity contribution in [1.29, 1.82) is 0 Å². The maximum atomic E-state index is 10.1. The van der Waals surface area contributed by atoms with Crippen LogP contribution >= 0.6 is 11.6 Å². The zero-order chi connectivity index (χ0) is 6.69. The Bertz CT molecular complexity index is 106. The summed E-state index contributed by atoms with van der Waals surface area (Å²) in [4.78, 5) is 10.1. The molecule has 2 unspecified atom stereocenters. The molecule has 0 saturated carbocycles. The Morgan fingerprint density at radius 3 is 2.89 bits per heavy atom. The Kier molecular flexibility index (Phi) is 2.45. The van der Waals surface area contributed by atoms with Crippen LogP contribution in [0, 0.1) is 0 Å². The van der Waals surface area contributed by atoms with Crippen LogP contribution in [0.5, 0.6) is 0 Å². The molecular weight excluding hydrogens is 144 g/mol. The molecule has 3 nitrogen and oxygen atoms in total. The maximum absolute atomic E-state index is 10.1. The normalized spacial score (nSPS) is 34.8. The van der Waals surface area contributed by atoms with E-state index in [1.54, 1.807) is 0 Å². The third-order valence-corrected chi connectivity index (χ3v) is 1.50. The first-order chi connectivity index (χ1) is 4.38. The molecule has 0 amide bonds. The Labute approximate surface area is 57.9 Å². The molecular formula is C5H7ClO3. The van der Waals surface area contributed by atoms with Crippen LogP contribution < -0.4 is 0 Å². The molecule has 9 heavy (non-hydrogen) atoms. The summed E-state index contributed by atoms with van der Waals surface area (Å²) in [6, 6.07) is 0. The van der Waals surface area contributed by atoms with Crippen molar-refractivity contribution in [3.8, 4) is 0 Å². The molecule has 1 rings (SSSR count). The Morgan fingerprint density at radius 1 is 1.67 bits per heavy atom. The van der Waals surface area contributed by atoms with Gasteiger partial charge in [-0.05, 0) is 0 Å². The highest BCUT2D eigenvalue weighted by Gasteiger charge is 2.27. The number of hydrogen-bond acceptors (Lipinski definition) is 3. The summed E-state index contributed by atoms with van der Waals surface area (Å²) in [5.41, 5.74) is 0. The van der Waals surface area contributed by atoms with Crippen LogP contribution in [0.25, 0.3) is 0 Å². The summed E-state index contributed by atoms with van der Waals surface area (Å²) in [7, 11) is 0. The lowest BCUT2D eigenvalue weighted by Crippen LogP contribution is -2.25. The number of aldehydes is 1. The molecule has 2 atom stereocenters. The van der Waals surface area contributed by atoms with Gasteiger partial charge in [-0.2, -0.15) is 0 Å². The fraction of sp³-hybridized carbons (Fsp3) is 0.800. The lowest BCUT2D eigenvalue weighted by atomic mass is 10.2. The smallest absolute Gasteiger partial charge is 0.151 e. The van der Waals surface area contributed by atoms with E-state index >= 15 is 0 Å². The Hall–Kier alpha value is -0.120. The number of halogens is 1. The molecule has 1 fully saturated rings. The highest BCUT2D eigenvalue weighted by molar-refractivity contribution is 6.18. The van der Waals surface area contributed by atoms with Crippen LogP contribution in [0.2, 0.25) is 0 Å². The predicted octanol–water partition coefficient (Wildman–Crippen LogP) is 0.166. The van der Waals surface area contributed by atoms with Gasteiger partial charge >= 0.3 is 0 Å². The first-order valence-corrected chi connectivity index (χ1v) is 3.16. The number of hydrogen-bond donors (Lipinski definition) is 0. The molecule has 52 valence electrons. The van der Waals surface area contributed by atoms with Gasteiger partial charge < -0.3 is 14.3 Å². The van der Waals surface area contributed by atoms with E-state index in [-0.39, 0.29) is 12.9 Å². The van der Waals surface area contributed by atoms with Crippen molar-refractivity contribution in [2.75, 3.05) is 12.7 Å². The SMILES string of the molecule is O=CC1OCOC1CCl. The van der Waals surface area contributed by atoms with E-state index in [2.05, 4.69) is 0 Å². The molecule has 0 aliphatic carbocycles. The van der Waals surface area contributed by atoms with Crippen molar-refractivity contribution >= 4 is 17.9 Å². The molecule has 0 bridgehead atoms. The average molecular weight is 151 g/mol. The number of carbonyl (C=O) groups excluding carboxylic acids is 1. The van der Waals surface area contributed by atoms with Gasteiger partial charge in [0.1, 0.15) is 19.0 Å². The summed E-state index contributed by atoms with van der Waals surface area (Å²) in [5, 5.41) is 0. The van der Waals surface area contributed by atoms with Crippen LogP contribution in [0.1, 0.15) is 0 Å². The molecule has 1 saturated heterocycles. The van der Waals surface area contributed by atoms with Crippen molar-refractivity contribution in [2.24, 2.45) is 0 Å². The van der Waals surface area contributed by atoms with Crippen molar-refractivity contribution < 1.29 is 14.3 Å². The average Bonchev–Trinajstić information content (AvgIpc) is 2.33. The second kappa shape index (κ2) is 3.15. The fourth-order valence-corrected chi connectivity index (χ4v) is 0.931. The standard InChI is InChI=1S/C5H7ClO3/c6-1-4-5(2-7)9-3-8-4/h2,4-5H,1,3H2. The molecule has 0 spiro atoms. The van der Waals surface area contributed by atoms with Gasteiger partial charge in [0.15, 0.2) is 6.29 Å². The third kappa shape index (κ3) is 1.41. The molecule has 4 heteroatoms. The van der Waals surface area contributed by atoms with Crippen LogP contribution in [-0.2, 0) is 14.3 Å². The molecule has 1 aliphatic rings. The zero-order valence-electron chi connectivity index (χ0n) is 4.75. The monoisotopic (exact) mass is 150 g/mol. The Morgan fingerprint density at radius 2 is 2.44 bits per heavy atom. The van der Waals surface area contributed by atoms with Gasteiger partial charge in [0.2, 0.25) is 0 Å². The minimum atomic E-state index is -0.456. The third-order valence-electron chi connectivity index (χ3n) is 1.20. The molecule has 0 N–H and O–H groups in total. The number of ether oxygens (including phenoxy) is 2. The fourth-order valence-electron chi connectivity index (χ4n) is 0.667. The molecule has 0 aromatic heterocycles. The first kappa shape index (κ1) is 6.99. The zero-order valence-corrected chi connectivity index (χ0v) is 5.50. The number of carbonyl (C=O) groups is 1. The van der Waals surface area contributed by atoms with Gasteiger partial charge in [0, 0.05) is 0 Å². The Balaban J connectivity index is 2.41. The van der Waals surface area contributed by atoms with E-state index in [4.69, 9.17) is 21.1 Å². The summed E-state index contributed by atoms with van der Waals surface area (Å²) in [6.07, 6.45) is 0.00622. The summed E-state index contributed by atoms with van der Waals surface area (Å²) >= 11 is 5.42. The van der Waals surface area contributed by atoms with Gasteiger partial charge in [0.25, 0.3) is 0 Å². The lowest BCUT2D eigenvalue weighted by molar-refractivity contribution is -0.115. The molecule has 0 aromatic rings. The van der Waals surface area contributed by atoms with Crippen LogP contribution in [0.4, 0.5) is 0 Å². The van der Waals surface area contributed by atoms with E-state index in [0.717, 1.165) is 0 Å². The highest BCUT2D eigenvalue weighted by atomic mass is 35.5. The second-order valence-electron chi connectivity index (χ2n) is 1.74. The second-order valence-corrected chi connectivity index (χ2v) is 2.05. The van der Waals surface area contributed by atoms with Crippen molar-refractivity contribution in [2.45, 2.75) is 12.2 Å². The van der Waals surface area contributed by atoms with E-state index in [0.29, 0.717) is 12.2 Å². The van der Waals surface area contributed by atoms with Gasteiger partial charge in [0.05, 0.1) is 5.88 Å². The lowest BCUT2D eigenvalue weighted by Gasteiger charge is -2.04. The molecule has 1 heterocycles. The molecule has 0 aromatic carbocycles. The van der Waals surface area contributed by atoms with E-state index < -0.39 is 6.10 Å². The van der Waals surface area contributed by atoms with Gasteiger partial charge in [-0.1, -0.05) is 0 Å². The maximum Gasteiger partial charge on any atom is 0.151 e. The van der Waals surface area contributed by atoms with Crippen LogP contribution in [0.15, 0.2) is 0 Å². The van der Waals surface area contributed by atoms with E-state index in [9.17, 15) is 4.79 Å². The highest BCUT2D eigenvalue weighted by Crippen LogP contribution is 2.11. The summed E-state index contributed by atoms with van der Waals surface area (Å²) in [6.45, 7) is 0.181. The minimum Gasteiger partial charge on any atom is -0.348 e. The van der Waals surface area contributed by atoms with Gasteiger partial charge in [-0.25, -0.2) is 0 Å². The van der Waals surface area contributed by atoms with Crippen molar-refractivity contribution in [3.63, 3.8) is 0 Å². The van der Waals surface area contributed by atoms with Gasteiger partial charge in [-0.15, -0.1) is 11.6 Å². The van der Waals surface area contributed by atoms with E-state index in [1.165, 1.54) is 0 Å². The van der Waals surface area contributed by atoms with Crippen molar-refractivity contribution in [3.05, 3.63) is 0 Å². The minimum absolute atomic E-state index is 0.181. The van der Waals surface area contributed by atoms with Crippen molar-refractivity contribution in [1.82, 2.24) is 0 Å². The molecule has 1 aliphatic heterocycles. The number of rotatable bonds is 2. The van der Waals surface area contributed by atoms with Crippen LogP contribution in [0.3, 0.4) is 0 Å². The molecule has 0 radical (unpaired) electrons. The van der Waals surface area contributed by atoms with Gasteiger partial charge in [-0.3, -0.25) is 0 Å². The predicted molar refractivity (Wildman–Crippen MR) is 31.4 cm³/mol. The first-order valence-electron chi connectivity index (χ1n) is 2.63. The summed E-state index contributed by atoms with van der Waals surface area (Å²) < 4.78 is 9.75. The number of alkyl halides is 1. The largest absolute Gasteiger partial charge is 0.348 e.